The van der Waals surface area contributed by atoms with E-state index in [2.05, 4.69) is 53.4 Å². The topological polar surface area (TPSA) is 59.1 Å². The fourth-order valence-electron chi connectivity index (χ4n) is 5.66. The van der Waals surface area contributed by atoms with Gasteiger partial charge in [-0.05, 0) is 77.2 Å². The number of methoxy groups -OCH3 is 1. The molecule has 6 rings (SSSR count). The Morgan fingerprint density at radius 2 is 1.92 bits per heavy atom. The van der Waals surface area contributed by atoms with Crippen LogP contribution in [0.4, 0.5) is 11.4 Å². The average Bonchev–Trinajstić information content (AvgIpc) is 3.55. The molecule has 2 atom stereocenters. The molecule has 2 heterocycles. The molecule has 6 nitrogen and oxygen atoms in total. The molecule has 2 fully saturated rings. The number of hydrogen-bond acceptors (Lipinski definition) is 7. The molecular weight excluding hydrogens is 492 g/mol. The van der Waals surface area contributed by atoms with Crippen LogP contribution in [0.1, 0.15) is 36.3 Å². The molecule has 1 saturated heterocycles. The van der Waals surface area contributed by atoms with Crippen molar-refractivity contribution in [2.24, 2.45) is 0 Å². The largest absolute Gasteiger partial charge is 0.497 e. The molecule has 2 aliphatic heterocycles. The van der Waals surface area contributed by atoms with Gasteiger partial charge in [-0.2, -0.15) is 0 Å². The molecule has 1 amide bonds. The maximum absolute atomic E-state index is 12.8. The zero-order valence-corrected chi connectivity index (χ0v) is 21.3. The van der Waals surface area contributed by atoms with E-state index < -0.39 is 0 Å². The summed E-state index contributed by atoms with van der Waals surface area (Å²) in [5.41, 5.74) is 4.75. The van der Waals surface area contributed by atoms with E-state index in [4.69, 9.17) is 21.7 Å². The molecule has 2 unspecified atom stereocenters. The van der Waals surface area contributed by atoms with Crippen LogP contribution in [0.2, 0.25) is 0 Å². The van der Waals surface area contributed by atoms with Crippen LogP contribution >= 0.6 is 24.0 Å². The highest BCUT2D eigenvalue weighted by atomic mass is 32.2. The van der Waals surface area contributed by atoms with Gasteiger partial charge in [-0.3, -0.25) is 14.5 Å². The minimum atomic E-state index is -0.236. The van der Waals surface area contributed by atoms with Gasteiger partial charge in [-0.25, -0.2) is 0 Å². The summed E-state index contributed by atoms with van der Waals surface area (Å²) in [5.74, 6) is 1.09. The number of thioether (sulfide) groups is 1. The number of ether oxygens (including phenoxy) is 2. The second kappa shape index (κ2) is 9.26. The van der Waals surface area contributed by atoms with Gasteiger partial charge >= 0.3 is 0 Å². The Labute approximate surface area is 218 Å². The van der Waals surface area contributed by atoms with Crippen molar-refractivity contribution in [2.45, 2.75) is 31.2 Å². The van der Waals surface area contributed by atoms with Gasteiger partial charge in [0.2, 0.25) is 0 Å². The second-order valence-corrected chi connectivity index (χ2v) is 10.9. The van der Waals surface area contributed by atoms with E-state index in [0.717, 1.165) is 29.5 Å². The molecule has 1 aliphatic carbocycles. The molecule has 1 saturated carbocycles. The highest BCUT2D eigenvalue weighted by molar-refractivity contribution is 8.26. The highest BCUT2D eigenvalue weighted by Gasteiger charge is 2.42. The van der Waals surface area contributed by atoms with Gasteiger partial charge < -0.3 is 14.4 Å². The molecule has 3 aromatic rings. The lowest BCUT2D eigenvalue weighted by Gasteiger charge is -2.27. The summed E-state index contributed by atoms with van der Waals surface area (Å²) in [5, 5.41) is 2.35. The van der Waals surface area contributed by atoms with Crippen LogP contribution in [0.15, 0.2) is 59.5 Å². The molecule has 0 N–H and O–H groups in total. The molecule has 182 valence electrons. The third-order valence-electron chi connectivity index (χ3n) is 7.27. The van der Waals surface area contributed by atoms with Crippen molar-refractivity contribution >= 4 is 68.9 Å². The van der Waals surface area contributed by atoms with E-state index in [1.54, 1.807) is 7.11 Å². The van der Waals surface area contributed by atoms with E-state index in [1.165, 1.54) is 45.4 Å². The fraction of sp³-hybridized carbons (Fsp3) is 0.250. The Balaban J connectivity index is 1.34. The number of fused-ring (bicyclic) bond motifs is 4. The third kappa shape index (κ3) is 3.85. The number of amides is 1. The number of hydrogen-bond donors (Lipinski definition) is 0. The Morgan fingerprint density at radius 3 is 2.75 bits per heavy atom. The molecule has 3 aromatic carbocycles. The minimum Gasteiger partial charge on any atom is -0.497 e. The molecule has 8 heteroatoms. The molecule has 0 radical (unpaired) electrons. The average molecular weight is 517 g/mol. The Kier molecular flexibility index (Phi) is 5.93. The smallest absolute Gasteiger partial charge is 0.294 e. The molecule has 0 aromatic heterocycles. The number of benzene rings is 3. The quantitative estimate of drug-likeness (QED) is 0.227. The maximum atomic E-state index is 12.8. The zero-order chi connectivity index (χ0) is 24.8. The predicted molar refractivity (Wildman–Crippen MR) is 146 cm³/mol. The predicted octanol–water partition coefficient (Wildman–Crippen LogP) is 5.97. The third-order valence-corrected chi connectivity index (χ3v) is 8.65. The van der Waals surface area contributed by atoms with Crippen LogP contribution in [-0.4, -0.2) is 41.5 Å². The summed E-state index contributed by atoms with van der Waals surface area (Å²) in [6, 6.07) is 19.7. The lowest BCUT2D eigenvalue weighted by atomic mass is 9.96. The van der Waals surface area contributed by atoms with Crippen molar-refractivity contribution in [2.75, 3.05) is 18.7 Å². The van der Waals surface area contributed by atoms with E-state index >= 15 is 0 Å². The van der Waals surface area contributed by atoms with Crippen molar-refractivity contribution in [1.82, 2.24) is 4.90 Å². The lowest BCUT2D eigenvalue weighted by molar-refractivity contribution is -0.135. The number of carbonyl (C=O) groups excluding carboxylic acids is 2. The van der Waals surface area contributed by atoms with Gasteiger partial charge in [0.15, 0.2) is 11.1 Å². The van der Waals surface area contributed by atoms with Gasteiger partial charge in [-0.1, -0.05) is 48.6 Å². The maximum Gasteiger partial charge on any atom is 0.294 e. The number of carbonyl (C=O) groups is 2. The van der Waals surface area contributed by atoms with Crippen molar-refractivity contribution in [3.05, 3.63) is 70.6 Å². The lowest BCUT2D eigenvalue weighted by Crippen LogP contribution is -2.30. The van der Waals surface area contributed by atoms with Gasteiger partial charge in [0.05, 0.1) is 12.0 Å². The van der Waals surface area contributed by atoms with Crippen molar-refractivity contribution in [3.63, 3.8) is 0 Å². The Morgan fingerprint density at radius 1 is 1.08 bits per heavy atom. The van der Waals surface area contributed by atoms with Crippen LogP contribution in [0.3, 0.4) is 0 Å². The fourth-order valence-corrected chi connectivity index (χ4v) is 6.89. The van der Waals surface area contributed by atoms with E-state index in [0.29, 0.717) is 27.7 Å². The van der Waals surface area contributed by atoms with Gasteiger partial charge in [0, 0.05) is 23.3 Å². The van der Waals surface area contributed by atoms with Crippen LogP contribution in [0.5, 0.6) is 5.75 Å². The summed E-state index contributed by atoms with van der Waals surface area (Å²) in [7, 11) is 1.69. The summed E-state index contributed by atoms with van der Waals surface area (Å²) in [6.45, 7) is 0.159. The first-order chi connectivity index (χ1) is 17.6. The normalized spacial score (nSPS) is 21.9. The summed E-state index contributed by atoms with van der Waals surface area (Å²) in [6.07, 6.45) is 5.41. The second-order valence-electron chi connectivity index (χ2n) is 9.19. The first kappa shape index (κ1) is 23.1. The highest BCUT2D eigenvalue weighted by Crippen LogP contribution is 2.53. The van der Waals surface area contributed by atoms with Crippen LogP contribution < -0.4 is 9.64 Å². The number of thiocarbonyl (C=S) groups is 1. The van der Waals surface area contributed by atoms with Crippen molar-refractivity contribution in [3.8, 4) is 5.75 Å². The standard InChI is InChI=1S/C28H24N2O4S2/c1-33-21-9-7-18-13-20(8-6-19(18)14-21)30-24-4-2-3-22(24)23-11-17(5-10-25(23)30)12-26-27(32)29(15-34-16-31)28(35)36-26/h5-14,16,22,24H,2-4,15H2,1H3/b26-12-. The van der Waals surface area contributed by atoms with Crippen molar-refractivity contribution in [1.29, 1.82) is 0 Å². The molecular formula is C28H24N2O4S2. The Bertz CT molecular complexity index is 1440. The van der Waals surface area contributed by atoms with Gasteiger partial charge in [-0.15, -0.1) is 0 Å². The molecule has 3 aliphatic rings. The SMILES string of the molecule is COc1ccc2cc(N3c4ccc(/C=C5\SC(=S)N(COC=O)C5=O)cc4C4CCCC43)ccc2c1. The van der Waals surface area contributed by atoms with Crippen LogP contribution in [0.25, 0.3) is 16.8 Å². The number of nitrogens with zero attached hydrogens (tertiary/aromatic N) is 2. The summed E-state index contributed by atoms with van der Waals surface area (Å²) < 4.78 is 10.5. The van der Waals surface area contributed by atoms with Crippen molar-refractivity contribution < 1.29 is 19.1 Å². The van der Waals surface area contributed by atoms with Crippen LogP contribution in [-0.2, 0) is 14.3 Å². The number of rotatable bonds is 6. The van der Waals surface area contributed by atoms with E-state index in [-0.39, 0.29) is 12.6 Å². The molecule has 0 spiro atoms. The Hall–Kier alpha value is -3.36. The molecule has 0 bridgehead atoms. The van der Waals surface area contributed by atoms with Gasteiger partial charge in [0.25, 0.3) is 12.4 Å². The molecule has 36 heavy (non-hydrogen) atoms. The minimum absolute atomic E-state index is 0.160. The summed E-state index contributed by atoms with van der Waals surface area (Å²) >= 11 is 6.53. The zero-order valence-electron chi connectivity index (χ0n) is 19.7. The first-order valence-electron chi connectivity index (χ1n) is 11.9. The van der Waals surface area contributed by atoms with Crippen LogP contribution in [0, 0.1) is 0 Å². The summed E-state index contributed by atoms with van der Waals surface area (Å²) in [4.78, 5) is 27.6. The van der Waals surface area contributed by atoms with E-state index in [9.17, 15) is 9.59 Å². The van der Waals surface area contributed by atoms with E-state index in [1.807, 2.05) is 12.1 Å². The number of anilines is 2. The first-order valence-corrected chi connectivity index (χ1v) is 13.1. The monoisotopic (exact) mass is 516 g/mol. The van der Waals surface area contributed by atoms with Gasteiger partial charge in [0.1, 0.15) is 5.75 Å².